The number of ether oxygens (including phenoxy) is 2. The molecule has 0 fully saturated rings. The Labute approximate surface area is 118 Å². The molecular weight excluding hydrogens is 254 g/mol. The highest BCUT2D eigenvalue weighted by atomic mass is 16.5. The fourth-order valence-electron chi connectivity index (χ4n) is 1.92. The van der Waals surface area contributed by atoms with Gasteiger partial charge in [0, 0.05) is 6.21 Å². The van der Waals surface area contributed by atoms with Gasteiger partial charge in [-0.3, -0.25) is 10.1 Å². The summed E-state index contributed by atoms with van der Waals surface area (Å²) in [5.74, 6) is 1.44. The van der Waals surface area contributed by atoms with Crippen LogP contribution in [0, 0.1) is 13.8 Å². The summed E-state index contributed by atoms with van der Waals surface area (Å²) in [5, 5.41) is 7.03. The van der Waals surface area contributed by atoms with Gasteiger partial charge in [0.15, 0.2) is 11.5 Å². The van der Waals surface area contributed by atoms with Crippen LogP contribution in [0.25, 0.3) is 0 Å². The predicted molar refractivity (Wildman–Crippen MR) is 79.5 cm³/mol. The summed E-state index contributed by atoms with van der Waals surface area (Å²) >= 11 is 0. The van der Waals surface area contributed by atoms with E-state index in [0.29, 0.717) is 6.61 Å². The first-order chi connectivity index (χ1) is 9.65. The van der Waals surface area contributed by atoms with Crippen molar-refractivity contribution in [2.45, 2.75) is 20.8 Å². The summed E-state index contributed by atoms with van der Waals surface area (Å²) in [6.07, 6.45) is 1.80. The van der Waals surface area contributed by atoms with Crippen molar-refractivity contribution in [2.24, 2.45) is 4.99 Å². The Morgan fingerprint density at radius 3 is 2.70 bits per heavy atom. The standard InChI is InChI=1S/C15H19N3O2/c1-5-20-14-8-12(6-7-13(14)19-4)9-16-15-10(2)17-18-11(15)3/h6-9H,5H2,1-4H3,(H,17,18). The summed E-state index contributed by atoms with van der Waals surface area (Å²) < 4.78 is 10.8. The Kier molecular flexibility index (Phi) is 4.40. The van der Waals surface area contributed by atoms with Crippen LogP contribution < -0.4 is 9.47 Å². The van der Waals surface area contributed by atoms with Gasteiger partial charge in [0.2, 0.25) is 0 Å². The van der Waals surface area contributed by atoms with Crippen molar-refractivity contribution in [3.63, 3.8) is 0 Å². The average molecular weight is 273 g/mol. The number of nitrogens with one attached hydrogen (secondary N) is 1. The molecule has 1 aromatic carbocycles. The largest absolute Gasteiger partial charge is 0.493 e. The van der Waals surface area contributed by atoms with E-state index in [9.17, 15) is 0 Å². The Hall–Kier alpha value is -2.30. The third-order valence-electron chi connectivity index (χ3n) is 2.92. The van der Waals surface area contributed by atoms with Crippen LogP contribution in [-0.2, 0) is 0 Å². The third kappa shape index (κ3) is 2.99. The number of aromatic nitrogens is 2. The number of hydrogen-bond acceptors (Lipinski definition) is 4. The summed E-state index contributed by atoms with van der Waals surface area (Å²) in [4.78, 5) is 4.48. The van der Waals surface area contributed by atoms with E-state index in [1.165, 1.54) is 0 Å². The van der Waals surface area contributed by atoms with Crippen LogP contribution in [0.2, 0.25) is 0 Å². The first-order valence-corrected chi connectivity index (χ1v) is 6.52. The van der Waals surface area contributed by atoms with Crippen molar-refractivity contribution in [1.82, 2.24) is 10.2 Å². The van der Waals surface area contributed by atoms with Crippen LogP contribution in [0.3, 0.4) is 0 Å². The first kappa shape index (κ1) is 14.1. The van der Waals surface area contributed by atoms with E-state index in [2.05, 4.69) is 15.2 Å². The second-order valence-corrected chi connectivity index (χ2v) is 4.38. The van der Waals surface area contributed by atoms with Gasteiger partial charge in [-0.05, 0) is 44.5 Å². The second kappa shape index (κ2) is 6.23. The van der Waals surface area contributed by atoms with E-state index < -0.39 is 0 Å². The quantitative estimate of drug-likeness (QED) is 0.851. The minimum Gasteiger partial charge on any atom is -0.493 e. The number of hydrogen-bond donors (Lipinski definition) is 1. The molecule has 0 aliphatic heterocycles. The first-order valence-electron chi connectivity index (χ1n) is 6.52. The van der Waals surface area contributed by atoms with Crippen LogP contribution in [0.4, 0.5) is 5.69 Å². The van der Waals surface area contributed by atoms with E-state index >= 15 is 0 Å². The molecule has 2 aromatic rings. The normalized spacial score (nSPS) is 11.0. The number of rotatable bonds is 5. The Morgan fingerprint density at radius 1 is 1.30 bits per heavy atom. The lowest BCUT2D eigenvalue weighted by atomic mass is 10.2. The van der Waals surface area contributed by atoms with Crippen LogP contribution in [0.15, 0.2) is 23.2 Å². The zero-order chi connectivity index (χ0) is 14.5. The molecule has 0 saturated heterocycles. The van der Waals surface area contributed by atoms with Gasteiger partial charge < -0.3 is 9.47 Å². The number of aromatic amines is 1. The predicted octanol–water partition coefficient (Wildman–Crippen LogP) is 3.18. The van der Waals surface area contributed by atoms with Gasteiger partial charge in [-0.2, -0.15) is 5.10 Å². The molecule has 106 valence electrons. The highest BCUT2D eigenvalue weighted by molar-refractivity contribution is 5.83. The molecule has 0 spiro atoms. The van der Waals surface area contributed by atoms with Crippen molar-refractivity contribution in [3.05, 3.63) is 35.2 Å². The van der Waals surface area contributed by atoms with Gasteiger partial charge in [0.05, 0.1) is 25.1 Å². The molecule has 0 aliphatic rings. The smallest absolute Gasteiger partial charge is 0.161 e. The van der Waals surface area contributed by atoms with Crippen molar-refractivity contribution in [2.75, 3.05) is 13.7 Å². The molecule has 0 saturated carbocycles. The highest BCUT2D eigenvalue weighted by Crippen LogP contribution is 2.28. The average Bonchev–Trinajstić information content (AvgIpc) is 2.76. The molecule has 0 aliphatic carbocycles. The highest BCUT2D eigenvalue weighted by Gasteiger charge is 2.06. The summed E-state index contributed by atoms with van der Waals surface area (Å²) in [7, 11) is 1.63. The van der Waals surface area contributed by atoms with Crippen LogP contribution in [-0.4, -0.2) is 30.1 Å². The van der Waals surface area contributed by atoms with Crippen molar-refractivity contribution in [3.8, 4) is 11.5 Å². The Bertz CT molecular complexity index is 598. The van der Waals surface area contributed by atoms with Gasteiger partial charge >= 0.3 is 0 Å². The number of methoxy groups -OCH3 is 1. The molecule has 5 nitrogen and oxygen atoms in total. The number of benzene rings is 1. The van der Waals surface area contributed by atoms with Gasteiger partial charge in [-0.15, -0.1) is 0 Å². The zero-order valence-electron chi connectivity index (χ0n) is 12.2. The Morgan fingerprint density at radius 2 is 2.10 bits per heavy atom. The molecular formula is C15H19N3O2. The fraction of sp³-hybridized carbons (Fsp3) is 0.333. The van der Waals surface area contributed by atoms with Crippen molar-refractivity contribution < 1.29 is 9.47 Å². The fourth-order valence-corrected chi connectivity index (χ4v) is 1.92. The second-order valence-electron chi connectivity index (χ2n) is 4.38. The number of aliphatic imine (C=N–C) groups is 1. The molecule has 1 aromatic heterocycles. The monoisotopic (exact) mass is 273 g/mol. The lowest BCUT2D eigenvalue weighted by Crippen LogP contribution is -1.96. The molecule has 20 heavy (non-hydrogen) atoms. The molecule has 0 atom stereocenters. The van der Waals surface area contributed by atoms with Gasteiger partial charge in [0.1, 0.15) is 5.69 Å². The van der Waals surface area contributed by atoms with Gasteiger partial charge in [0.25, 0.3) is 0 Å². The molecule has 0 amide bonds. The lowest BCUT2D eigenvalue weighted by Gasteiger charge is -2.09. The third-order valence-corrected chi connectivity index (χ3v) is 2.92. The van der Waals surface area contributed by atoms with Crippen LogP contribution in [0.1, 0.15) is 23.9 Å². The van der Waals surface area contributed by atoms with Crippen molar-refractivity contribution in [1.29, 1.82) is 0 Å². The SMILES string of the molecule is CCOc1cc(C=Nc2c(C)n[nH]c2C)ccc1OC. The number of aryl methyl sites for hydroxylation is 2. The number of H-pyrrole nitrogens is 1. The number of nitrogens with zero attached hydrogens (tertiary/aromatic N) is 2. The van der Waals surface area contributed by atoms with Crippen LogP contribution >= 0.6 is 0 Å². The van der Waals surface area contributed by atoms with E-state index in [0.717, 1.165) is 34.1 Å². The lowest BCUT2D eigenvalue weighted by molar-refractivity contribution is 0.311. The summed E-state index contributed by atoms with van der Waals surface area (Å²) in [5.41, 5.74) is 3.67. The molecule has 0 radical (unpaired) electrons. The van der Waals surface area contributed by atoms with Gasteiger partial charge in [-0.25, -0.2) is 0 Å². The maximum Gasteiger partial charge on any atom is 0.161 e. The molecule has 2 rings (SSSR count). The maximum absolute atomic E-state index is 5.55. The molecule has 5 heteroatoms. The van der Waals surface area contributed by atoms with E-state index in [1.54, 1.807) is 13.3 Å². The molecule has 1 heterocycles. The van der Waals surface area contributed by atoms with Crippen molar-refractivity contribution >= 4 is 11.9 Å². The van der Waals surface area contributed by atoms with E-state index in [1.807, 2.05) is 39.0 Å². The summed E-state index contributed by atoms with van der Waals surface area (Å²) in [6.45, 7) is 6.41. The minimum absolute atomic E-state index is 0.594. The van der Waals surface area contributed by atoms with E-state index in [4.69, 9.17) is 9.47 Å². The van der Waals surface area contributed by atoms with Crippen LogP contribution in [0.5, 0.6) is 11.5 Å². The minimum atomic E-state index is 0.594. The van der Waals surface area contributed by atoms with E-state index in [-0.39, 0.29) is 0 Å². The molecule has 1 N–H and O–H groups in total. The van der Waals surface area contributed by atoms with Gasteiger partial charge in [-0.1, -0.05) is 0 Å². The zero-order valence-corrected chi connectivity index (χ0v) is 12.2. The Balaban J connectivity index is 2.27. The topological polar surface area (TPSA) is 59.5 Å². The molecule has 0 unspecified atom stereocenters. The summed E-state index contributed by atoms with van der Waals surface area (Å²) in [6, 6.07) is 5.73. The maximum atomic E-state index is 5.55. The molecule has 0 bridgehead atoms.